The third-order valence-electron chi connectivity index (χ3n) is 4.35. The summed E-state index contributed by atoms with van der Waals surface area (Å²) in [6.07, 6.45) is 5.21. The van der Waals surface area contributed by atoms with Gasteiger partial charge in [0.2, 0.25) is 0 Å². The molecule has 2 atom stereocenters. The van der Waals surface area contributed by atoms with Crippen molar-refractivity contribution in [3.8, 4) is 5.75 Å². The Balaban J connectivity index is 1.59. The molecule has 0 radical (unpaired) electrons. The summed E-state index contributed by atoms with van der Waals surface area (Å²) in [5, 5.41) is 3.42. The molecule has 18 heavy (non-hydrogen) atoms. The minimum absolute atomic E-state index is 0.772. The van der Waals surface area contributed by atoms with Crippen LogP contribution in [0.1, 0.15) is 37.3 Å². The maximum Gasteiger partial charge on any atom is 0.119 e. The van der Waals surface area contributed by atoms with E-state index in [1.54, 1.807) is 0 Å². The zero-order valence-electron chi connectivity index (χ0n) is 11.2. The van der Waals surface area contributed by atoms with Crippen LogP contribution in [0.25, 0.3) is 0 Å². The number of hydrogen-bond acceptors (Lipinski definition) is 2. The van der Waals surface area contributed by atoms with Crippen molar-refractivity contribution in [3.63, 3.8) is 0 Å². The van der Waals surface area contributed by atoms with Crippen molar-refractivity contribution < 1.29 is 4.74 Å². The number of nitrogens with one attached hydrogen (secondary N) is 1. The quantitative estimate of drug-likeness (QED) is 0.883. The Labute approximate surface area is 110 Å². The fourth-order valence-corrected chi connectivity index (χ4v) is 3.24. The summed E-state index contributed by atoms with van der Waals surface area (Å²) in [6, 6.07) is 6.60. The van der Waals surface area contributed by atoms with Crippen LogP contribution in [0.3, 0.4) is 0 Å². The first-order chi connectivity index (χ1) is 8.81. The lowest BCUT2D eigenvalue weighted by molar-refractivity contribution is 0.248. The molecule has 2 heteroatoms. The summed E-state index contributed by atoms with van der Waals surface area (Å²) < 4.78 is 5.98. The monoisotopic (exact) mass is 245 g/mol. The summed E-state index contributed by atoms with van der Waals surface area (Å²) in [4.78, 5) is 0. The summed E-state index contributed by atoms with van der Waals surface area (Å²) in [6.45, 7) is 5.35. The predicted octanol–water partition coefficient (Wildman–Crippen LogP) is 3.15. The van der Waals surface area contributed by atoms with Crippen LogP contribution in [0.4, 0.5) is 0 Å². The second-order valence-corrected chi connectivity index (χ2v) is 5.95. The number of hydrogen-bond donors (Lipinski definition) is 1. The summed E-state index contributed by atoms with van der Waals surface area (Å²) in [5.41, 5.74) is 2.90. The van der Waals surface area contributed by atoms with Gasteiger partial charge in [-0.2, -0.15) is 0 Å². The maximum absolute atomic E-state index is 5.98. The summed E-state index contributed by atoms with van der Waals surface area (Å²) >= 11 is 0. The molecule has 1 N–H and O–H groups in total. The average molecular weight is 245 g/mol. The van der Waals surface area contributed by atoms with Gasteiger partial charge in [0.1, 0.15) is 5.75 Å². The zero-order chi connectivity index (χ0) is 12.4. The van der Waals surface area contributed by atoms with Gasteiger partial charge in [0.25, 0.3) is 0 Å². The molecule has 1 aliphatic carbocycles. The minimum Gasteiger partial charge on any atom is -0.493 e. The normalized spacial score (nSPS) is 26.9. The number of benzene rings is 1. The molecule has 0 aromatic heterocycles. The van der Waals surface area contributed by atoms with Crippen molar-refractivity contribution in [1.82, 2.24) is 5.32 Å². The standard InChI is InChI=1S/C16H23NO/c1-12-2-3-13(8-12)11-18-16-5-4-14-6-7-17-10-15(14)9-16/h4-5,9,12-13,17H,2-3,6-8,10-11H2,1H3. The van der Waals surface area contributed by atoms with Crippen molar-refractivity contribution >= 4 is 0 Å². The topological polar surface area (TPSA) is 21.3 Å². The fraction of sp³-hybridized carbons (Fsp3) is 0.625. The van der Waals surface area contributed by atoms with Crippen molar-refractivity contribution in [2.75, 3.05) is 13.2 Å². The molecule has 0 bridgehead atoms. The summed E-state index contributed by atoms with van der Waals surface area (Å²) in [5.74, 6) is 2.72. The summed E-state index contributed by atoms with van der Waals surface area (Å²) in [7, 11) is 0. The molecule has 2 aliphatic rings. The first-order valence-electron chi connectivity index (χ1n) is 7.26. The van der Waals surface area contributed by atoms with Gasteiger partial charge in [-0.1, -0.05) is 19.4 Å². The van der Waals surface area contributed by atoms with Gasteiger partial charge in [-0.15, -0.1) is 0 Å². The molecule has 1 aliphatic heterocycles. The van der Waals surface area contributed by atoms with Crippen molar-refractivity contribution in [2.45, 2.75) is 39.2 Å². The van der Waals surface area contributed by atoms with Crippen LogP contribution in [0.2, 0.25) is 0 Å². The van der Waals surface area contributed by atoms with Crippen molar-refractivity contribution in [1.29, 1.82) is 0 Å². The van der Waals surface area contributed by atoms with E-state index < -0.39 is 0 Å². The van der Waals surface area contributed by atoms with E-state index in [0.29, 0.717) is 0 Å². The maximum atomic E-state index is 5.98. The third kappa shape index (κ3) is 2.69. The Morgan fingerprint density at radius 3 is 3.06 bits per heavy atom. The lowest BCUT2D eigenvalue weighted by Crippen LogP contribution is -2.23. The molecule has 0 saturated heterocycles. The number of rotatable bonds is 3. The fourth-order valence-electron chi connectivity index (χ4n) is 3.24. The first-order valence-corrected chi connectivity index (χ1v) is 7.26. The Bertz CT molecular complexity index is 416. The van der Waals surface area contributed by atoms with E-state index in [0.717, 1.165) is 43.7 Å². The van der Waals surface area contributed by atoms with E-state index in [-0.39, 0.29) is 0 Å². The van der Waals surface area contributed by atoms with Gasteiger partial charge in [-0.3, -0.25) is 0 Å². The zero-order valence-corrected chi connectivity index (χ0v) is 11.2. The van der Waals surface area contributed by atoms with Crippen LogP contribution in [-0.4, -0.2) is 13.2 Å². The first kappa shape index (κ1) is 12.0. The smallest absolute Gasteiger partial charge is 0.119 e. The highest BCUT2D eigenvalue weighted by atomic mass is 16.5. The molecular weight excluding hydrogens is 222 g/mol. The minimum atomic E-state index is 0.772. The van der Waals surface area contributed by atoms with Gasteiger partial charge in [-0.25, -0.2) is 0 Å². The Kier molecular flexibility index (Phi) is 3.55. The molecular formula is C16H23NO. The highest BCUT2D eigenvalue weighted by molar-refractivity contribution is 5.37. The van der Waals surface area contributed by atoms with Crippen LogP contribution < -0.4 is 10.1 Å². The second-order valence-electron chi connectivity index (χ2n) is 5.95. The van der Waals surface area contributed by atoms with Crippen LogP contribution in [-0.2, 0) is 13.0 Å². The Morgan fingerprint density at radius 1 is 1.28 bits per heavy atom. The van der Waals surface area contributed by atoms with Gasteiger partial charge < -0.3 is 10.1 Å². The van der Waals surface area contributed by atoms with Gasteiger partial charge >= 0.3 is 0 Å². The van der Waals surface area contributed by atoms with Crippen LogP contribution in [0.15, 0.2) is 18.2 Å². The lowest BCUT2D eigenvalue weighted by Gasteiger charge is -2.19. The van der Waals surface area contributed by atoms with Crippen LogP contribution in [0.5, 0.6) is 5.75 Å². The van der Waals surface area contributed by atoms with E-state index in [9.17, 15) is 0 Å². The predicted molar refractivity (Wildman–Crippen MR) is 73.9 cm³/mol. The van der Waals surface area contributed by atoms with Gasteiger partial charge in [0.15, 0.2) is 0 Å². The van der Waals surface area contributed by atoms with E-state index in [1.807, 2.05) is 0 Å². The molecule has 98 valence electrons. The molecule has 2 nitrogen and oxygen atoms in total. The Morgan fingerprint density at radius 2 is 2.22 bits per heavy atom. The molecule has 3 rings (SSSR count). The SMILES string of the molecule is CC1CCC(COc2ccc3c(c2)CNCC3)C1. The van der Waals surface area contributed by atoms with Gasteiger partial charge in [0.05, 0.1) is 6.61 Å². The molecule has 1 aromatic rings. The molecule has 1 heterocycles. The van der Waals surface area contributed by atoms with E-state index in [4.69, 9.17) is 4.74 Å². The molecule has 0 spiro atoms. The molecule has 0 amide bonds. The van der Waals surface area contributed by atoms with Crippen LogP contribution >= 0.6 is 0 Å². The Hall–Kier alpha value is -1.02. The van der Waals surface area contributed by atoms with Crippen molar-refractivity contribution in [2.24, 2.45) is 11.8 Å². The average Bonchev–Trinajstić information content (AvgIpc) is 2.82. The largest absolute Gasteiger partial charge is 0.493 e. The highest BCUT2D eigenvalue weighted by Gasteiger charge is 2.21. The highest BCUT2D eigenvalue weighted by Crippen LogP contribution is 2.31. The van der Waals surface area contributed by atoms with Gasteiger partial charge in [-0.05, 0) is 60.9 Å². The molecule has 1 saturated carbocycles. The molecule has 1 fully saturated rings. The van der Waals surface area contributed by atoms with E-state index in [1.165, 1.54) is 30.4 Å². The number of fused-ring (bicyclic) bond motifs is 1. The van der Waals surface area contributed by atoms with Crippen LogP contribution in [0, 0.1) is 11.8 Å². The third-order valence-corrected chi connectivity index (χ3v) is 4.35. The lowest BCUT2D eigenvalue weighted by atomic mass is 10.0. The molecule has 2 unspecified atom stereocenters. The molecule has 1 aromatic carbocycles. The number of ether oxygens (including phenoxy) is 1. The van der Waals surface area contributed by atoms with E-state index in [2.05, 4.69) is 30.4 Å². The van der Waals surface area contributed by atoms with Crippen molar-refractivity contribution in [3.05, 3.63) is 29.3 Å². The van der Waals surface area contributed by atoms with Gasteiger partial charge in [0, 0.05) is 6.54 Å². The second kappa shape index (κ2) is 5.31. The van der Waals surface area contributed by atoms with E-state index >= 15 is 0 Å².